The molecule has 1 aliphatic rings. The van der Waals surface area contributed by atoms with Crippen LogP contribution in [0.4, 0.5) is 8.78 Å². The Labute approximate surface area is 98.6 Å². The lowest BCUT2D eigenvalue weighted by atomic mass is 9.89. The molecule has 1 aromatic carbocycles. The van der Waals surface area contributed by atoms with Gasteiger partial charge in [-0.1, -0.05) is 19.3 Å². The Morgan fingerprint density at radius 1 is 1.18 bits per heavy atom. The Hall–Kier alpha value is -1.45. The summed E-state index contributed by atoms with van der Waals surface area (Å²) in [6.07, 6.45) is 4.73. The zero-order valence-electron chi connectivity index (χ0n) is 9.42. The molecule has 0 bridgehead atoms. The number of ether oxygens (including phenoxy) is 1. The van der Waals surface area contributed by atoms with Crippen molar-refractivity contribution >= 4 is 5.97 Å². The highest BCUT2D eigenvalue weighted by atomic mass is 19.1. The molecule has 0 aromatic heterocycles. The van der Waals surface area contributed by atoms with Gasteiger partial charge in [0, 0.05) is 6.07 Å². The Balaban J connectivity index is 2.02. The van der Waals surface area contributed by atoms with Gasteiger partial charge in [0.25, 0.3) is 0 Å². The maximum atomic E-state index is 13.3. The van der Waals surface area contributed by atoms with E-state index < -0.39 is 17.6 Å². The summed E-state index contributed by atoms with van der Waals surface area (Å²) in [7, 11) is 0. The van der Waals surface area contributed by atoms with Crippen LogP contribution in [0.5, 0.6) is 5.75 Å². The fourth-order valence-corrected chi connectivity index (χ4v) is 2.09. The first kappa shape index (κ1) is 12.0. The van der Waals surface area contributed by atoms with Crippen molar-refractivity contribution in [2.75, 3.05) is 0 Å². The highest BCUT2D eigenvalue weighted by Gasteiger charge is 2.23. The fraction of sp³-hybridized carbons (Fsp3) is 0.462. The molecule has 0 unspecified atom stereocenters. The van der Waals surface area contributed by atoms with Crippen LogP contribution in [-0.4, -0.2) is 5.97 Å². The molecule has 1 aliphatic carbocycles. The Kier molecular flexibility index (Phi) is 3.71. The lowest BCUT2D eigenvalue weighted by Gasteiger charge is -2.19. The molecule has 1 saturated carbocycles. The van der Waals surface area contributed by atoms with Crippen LogP contribution in [0.15, 0.2) is 18.2 Å². The smallest absolute Gasteiger partial charge is 0.314 e. The lowest BCUT2D eigenvalue weighted by molar-refractivity contribution is -0.140. The Bertz CT molecular complexity index is 412. The minimum Gasteiger partial charge on any atom is -0.423 e. The Morgan fingerprint density at radius 2 is 1.88 bits per heavy atom. The minimum atomic E-state index is -0.839. The quantitative estimate of drug-likeness (QED) is 0.584. The summed E-state index contributed by atoms with van der Waals surface area (Å²) in [5, 5.41) is 0. The molecule has 1 aromatic rings. The summed E-state index contributed by atoms with van der Waals surface area (Å²) >= 11 is 0. The molecule has 2 rings (SSSR count). The summed E-state index contributed by atoms with van der Waals surface area (Å²) in [5.74, 6) is -2.26. The van der Waals surface area contributed by atoms with Crippen molar-refractivity contribution in [3.05, 3.63) is 29.8 Å². The van der Waals surface area contributed by atoms with E-state index >= 15 is 0 Å². The highest BCUT2D eigenvalue weighted by molar-refractivity contribution is 5.75. The van der Waals surface area contributed by atoms with E-state index in [1.54, 1.807) is 0 Å². The summed E-state index contributed by atoms with van der Waals surface area (Å²) in [6.45, 7) is 0. The normalized spacial score (nSPS) is 16.8. The highest BCUT2D eigenvalue weighted by Crippen LogP contribution is 2.26. The summed E-state index contributed by atoms with van der Waals surface area (Å²) in [5.41, 5.74) is 0. The van der Waals surface area contributed by atoms with Crippen molar-refractivity contribution in [1.82, 2.24) is 0 Å². The zero-order chi connectivity index (χ0) is 12.3. The van der Waals surface area contributed by atoms with Gasteiger partial charge in [-0.25, -0.2) is 8.78 Å². The largest absolute Gasteiger partial charge is 0.423 e. The van der Waals surface area contributed by atoms with Gasteiger partial charge in [0.1, 0.15) is 5.82 Å². The van der Waals surface area contributed by atoms with E-state index in [2.05, 4.69) is 0 Å². The molecule has 0 atom stereocenters. The molecule has 0 spiro atoms. The van der Waals surface area contributed by atoms with Crippen molar-refractivity contribution in [3.63, 3.8) is 0 Å². The first-order chi connectivity index (χ1) is 8.16. The Morgan fingerprint density at radius 3 is 2.53 bits per heavy atom. The zero-order valence-corrected chi connectivity index (χ0v) is 9.42. The molecule has 0 aliphatic heterocycles. The maximum Gasteiger partial charge on any atom is 0.314 e. The van der Waals surface area contributed by atoms with Crippen LogP contribution in [0.3, 0.4) is 0 Å². The van der Waals surface area contributed by atoms with E-state index in [4.69, 9.17) is 4.74 Å². The van der Waals surface area contributed by atoms with Gasteiger partial charge in [0.15, 0.2) is 11.6 Å². The molecule has 17 heavy (non-hydrogen) atoms. The van der Waals surface area contributed by atoms with Crippen molar-refractivity contribution in [1.29, 1.82) is 0 Å². The van der Waals surface area contributed by atoms with E-state index in [1.165, 1.54) is 0 Å². The molecule has 0 heterocycles. The number of benzene rings is 1. The van der Waals surface area contributed by atoms with Crippen LogP contribution in [0, 0.1) is 17.6 Å². The average Bonchev–Trinajstić information content (AvgIpc) is 2.34. The molecule has 92 valence electrons. The third-order valence-corrected chi connectivity index (χ3v) is 3.04. The van der Waals surface area contributed by atoms with E-state index in [0.717, 1.165) is 44.2 Å². The van der Waals surface area contributed by atoms with E-state index in [1.807, 2.05) is 0 Å². The second kappa shape index (κ2) is 5.25. The molecule has 0 N–H and O–H groups in total. The number of carbonyl (C=O) groups excluding carboxylic acids is 1. The van der Waals surface area contributed by atoms with E-state index in [9.17, 15) is 13.6 Å². The molecule has 4 heteroatoms. The van der Waals surface area contributed by atoms with Gasteiger partial charge in [-0.15, -0.1) is 0 Å². The number of rotatable bonds is 2. The average molecular weight is 240 g/mol. The van der Waals surface area contributed by atoms with Gasteiger partial charge >= 0.3 is 5.97 Å². The third-order valence-electron chi connectivity index (χ3n) is 3.04. The van der Waals surface area contributed by atoms with Crippen molar-refractivity contribution in [2.24, 2.45) is 5.92 Å². The van der Waals surface area contributed by atoms with Crippen LogP contribution in [-0.2, 0) is 4.79 Å². The standard InChI is InChI=1S/C13H14F2O2/c14-10-6-7-12(11(15)8-10)17-13(16)9-4-2-1-3-5-9/h6-9H,1-5H2. The molecular formula is C13H14F2O2. The van der Waals surface area contributed by atoms with Crippen LogP contribution in [0.25, 0.3) is 0 Å². The van der Waals surface area contributed by atoms with E-state index in [0.29, 0.717) is 6.07 Å². The van der Waals surface area contributed by atoms with Crippen LogP contribution < -0.4 is 4.74 Å². The van der Waals surface area contributed by atoms with Crippen molar-refractivity contribution < 1.29 is 18.3 Å². The first-order valence-electron chi connectivity index (χ1n) is 5.83. The van der Waals surface area contributed by atoms with Crippen molar-refractivity contribution in [2.45, 2.75) is 32.1 Å². The summed E-state index contributed by atoms with van der Waals surface area (Å²) < 4.78 is 30.9. The second-order valence-electron chi connectivity index (χ2n) is 4.33. The van der Waals surface area contributed by atoms with Crippen LogP contribution in [0.2, 0.25) is 0 Å². The van der Waals surface area contributed by atoms with Gasteiger partial charge in [-0.3, -0.25) is 4.79 Å². The second-order valence-corrected chi connectivity index (χ2v) is 4.33. The number of hydrogen-bond acceptors (Lipinski definition) is 2. The van der Waals surface area contributed by atoms with Crippen LogP contribution >= 0.6 is 0 Å². The number of hydrogen-bond donors (Lipinski definition) is 0. The predicted molar refractivity (Wildman–Crippen MR) is 58.6 cm³/mol. The van der Waals surface area contributed by atoms with Crippen LogP contribution in [0.1, 0.15) is 32.1 Å². The molecule has 0 saturated heterocycles. The number of carbonyl (C=O) groups is 1. The molecule has 0 radical (unpaired) electrons. The monoisotopic (exact) mass is 240 g/mol. The fourth-order valence-electron chi connectivity index (χ4n) is 2.09. The lowest BCUT2D eigenvalue weighted by Crippen LogP contribution is -2.23. The van der Waals surface area contributed by atoms with Gasteiger partial charge in [-0.2, -0.15) is 0 Å². The molecule has 1 fully saturated rings. The molecular weight excluding hydrogens is 226 g/mol. The summed E-state index contributed by atoms with van der Waals surface area (Å²) in [4.78, 5) is 11.7. The van der Waals surface area contributed by atoms with Gasteiger partial charge in [0.05, 0.1) is 5.92 Å². The number of halogens is 2. The van der Waals surface area contributed by atoms with Gasteiger partial charge in [0.2, 0.25) is 0 Å². The number of esters is 1. The van der Waals surface area contributed by atoms with Crippen molar-refractivity contribution in [3.8, 4) is 5.75 Å². The minimum absolute atomic E-state index is 0.145. The molecule has 0 amide bonds. The third kappa shape index (κ3) is 3.02. The maximum absolute atomic E-state index is 13.3. The van der Waals surface area contributed by atoms with E-state index in [-0.39, 0.29) is 11.7 Å². The SMILES string of the molecule is O=C(Oc1ccc(F)cc1F)C1CCCCC1. The van der Waals surface area contributed by atoms with Gasteiger partial charge in [-0.05, 0) is 25.0 Å². The summed E-state index contributed by atoms with van der Waals surface area (Å²) in [6, 6.07) is 2.93. The topological polar surface area (TPSA) is 26.3 Å². The molecule has 2 nitrogen and oxygen atoms in total. The van der Waals surface area contributed by atoms with Gasteiger partial charge < -0.3 is 4.74 Å². The predicted octanol–water partition coefficient (Wildman–Crippen LogP) is 3.45. The first-order valence-corrected chi connectivity index (χ1v) is 5.83.